The van der Waals surface area contributed by atoms with Crippen LogP contribution < -0.4 is 0 Å². The number of carbonyl (C=O) groups excluding carboxylic acids is 2. The monoisotopic (exact) mass is 357 g/mol. The van der Waals surface area contributed by atoms with Crippen molar-refractivity contribution in [1.82, 2.24) is 4.90 Å². The molecule has 3 nitrogen and oxygen atoms in total. The first-order valence-electron chi connectivity index (χ1n) is 7.20. The molecule has 0 N–H and O–H groups in total. The lowest BCUT2D eigenvalue weighted by molar-refractivity contribution is -0.134. The van der Waals surface area contributed by atoms with Gasteiger partial charge in [-0.3, -0.25) is 14.5 Å². The standard InChI is InChI=1S/C18H16BrNO2/c1-12(13-6-8-15(19)9-7-13)20-10-14-4-2-3-5-16(14)18(20)17(22)11-21/h2-9,11-12,18H,10H2,1H3. The maximum atomic E-state index is 12.2. The van der Waals surface area contributed by atoms with Crippen molar-refractivity contribution in [3.63, 3.8) is 0 Å². The van der Waals surface area contributed by atoms with Gasteiger partial charge in [0.05, 0.1) is 0 Å². The molecule has 4 heteroatoms. The van der Waals surface area contributed by atoms with Crippen molar-refractivity contribution in [1.29, 1.82) is 0 Å². The number of ketones is 1. The van der Waals surface area contributed by atoms with Crippen LogP contribution in [-0.2, 0) is 16.1 Å². The Labute approximate surface area is 138 Å². The van der Waals surface area contributed by atoms with Crippen molar-refractivity contribution in [3.05, 3.63) is 69.7 Å². The van der Waals surface area contributed by atoms with Gasteiger partial charge in [-0.2, -0.15) is 0 Å². The van der Waals surface area contributed by atoms with Gasteiger partial charge in [-0.25, -0.2) is 0 Å². The third-order valence-corrected chi connectivity index (χ3v) is 4.80. The van der Waals surface area contributed by atoms with E-state index >= 15 is 0 Å². The Morgan fingerprint density at radius 1 is 1.23 bits per heavy atom. The second-order valence-electron chi connectivity index (χ2n) is 5.52. The van der Waals surface area contributed by atoms with Gasteiger partial charge in [0.15, 0.2) is 6.29 Å². The predicted molar refractivity (Wildman–Crippen MR) is 88.4 cm³/mol. The van der Waals surface area contributed by atoms with Crippen LogP contribution in [0.4, 0.5) is 0 Å². The highest BCUT2D eigenvalue weighted by Crippen LogP contribution is 2.40. The fourth-order valence-electron chi connectivity index (χ4n) is 3.09. The van der Waals surface area contributed by atoms with Gasteiger partial charge in [-0.05, 0) is 35.7 Å². The number of aldehydes is 1. The molecule has 1 aliphatic heterocycles. The van der Waals surface area contributed by atoms with Gasteiger partial charge in [-0.1, -0.05) is 52.3 Å². The molecule has 2 aromatic rings. The molecular weight excluding hydrogens is 342 g/mol. The number of benzene rings is 2. The van der Waals surface area contributed by atoms with E-state index in [2.05, 4.69) is 27.8 Å². The van der Waals surface area contributed by atoms with E-state index in [0.717, 1.165) is 21.2 Å². The Bertz CT molecular complexity index is 711. The second kappa shape index (κ2) is 6.15. The summed E-state index contributed by atoms with van der Waals surface area (Å²) < 4.78 is 1.02. The maximum Gasteiger partial charge on any atom is 0.216 e. The number of hydrogen-bond donors (Lipinski definition) is 0. The smallest absolute Gasteiger partial charge is 0.216 e. The first-order chi connectivity index (χ1) is 10.6. The molecule has 2 unspecified atom stereocenters. The van der Waals surface area contributed by atoms with Gasteiger partial charge in [0.1, 0.15) is 6.04 Å². The normalized spacial score (nSPS) is 18.7. The van der Waals surface area contributed by atoms with Crippen molar-refractivity contribution in [2.45, 2.75) is 25.6 Å². The molecule has 0 saturated carbocycles. The highest BCUT2D eigenvalue weighted by atomic mass is 79.9. The zero-order chi connectivity index (χ0) is 15.7. The van der Waals surface area contributed by atoms with Gasteiger partial charge in [0.25, 0.3) is 0 Å². The van der Waals surface area contributed by atoms with Gasteiger partial charge in [-0.15, -0.1) is 0 Å². The third-order valence-electron chi connectivity index (χ3n) is 4.27. The van der Waals surface area contributed by atoms with Crippen LogP contribution in [0, 0.1) is 0 Å². The number of fused-ring (bicyclic) bond motifs is 1. The van der Waals surface area contributed by atoms with E-state index in [1.807, 2.05) is 48.5 Å². The van der Waals surface area contributed by atoms with Crippen LogP contribution in [0.15, 0.2) is 53.0 Å². The van der Waals surface area contributed by atoms with Crippen LogP contribution in [0.25, 0.3) is 0 Å². The molecule has 2 atom stereocenters. The molecule has 112 valence electrons. The highest BCUT2D eigenvalue weighted by Gasteiger charge is 2.37. The SMILES string of the molecule is CC(c1ccc(Br)cc1)N1Cc2ccccc2C1C(=O)C=O. The van der Waals surface area contributed by atoms with Gasteiger partial charge in [0, 0.05) is 17.1 Å². The minimum absolute atomic E-state index is 0.0504. The van der Waals surface area contributed by atoms with E-state index in [1.54, 1.807) is 0 Å². The highest BCUT2D eigenvalue weighted by molar-refractivity contribution is 9.10. The Morgan fingerprint density at radius 3 is 2.59 bits per heavy atom. The van der Waals surface area contributed by atoms with E-state index in [4.69, 9.17) is 0 Å². The summed E-state index contributed by atoms with van der Waals surface area (Å²) >= 11 is 3.43. The summed E-state index contributed by atoms with van der Waals surface area (Å²) in [6.07, 6.45) is 0.439. The summed E-state index contributed by atoms with van der Waals surface area (Å²) in [6.45, 7) is 2.75. The van der Waals surface area contributed by atoms with Crippen molar-refractivity contribution in [2.75, 3.05) is 0 Å². The van der Waals surface area contributed by atoms with Crippen LogP contribution in [0.2, 0.25) is 0 Å². The molecule has 3 rings (SSSR count). The third kappa shape index (κ3) is 2.64. The number of rotatable bonds is 4. The number of Topliss-reactive ketones (excluding diaryl/α,β-unsaturated/α-hetero) is 1. The van der Waals surface area contributed by atoms with Gasteiger partial charge < -0.3 is 0 Å². The Kier molecular flexibility index (Phi) is 4.23. The number of nitrogens with zero attached hydrogens (tertiary/aromatic N) is 1. The summed E-state index contributed by atoms with van der Waals surface area (Å²) in [4.78, 5) is 25.3. The Balaban J connectivity index is 1.97. The molecule has 0 bridgehead atoms. The molecule has 0 fully saturated rings. The maximum absolute atomic E-state index is 12.2. The van der Waals surface area contributed by atoms with Crippen molar-refractivity contribution >= 4 is 28.0 Å². The average Bonchev–Trinajstić information content (AvgIpc) is 2.93. The lowest BCUT2D eigenvalue weighted by Gasteiger charge is -2.29. The fourth-order valence-corrected chi connectivity index (χ4v) is 3.35. The lowest BCUT2D eigenvalue weighted by Crippen LogP contribution is -2.31. The molecule has 1 aliphatic rings. The first-order valence-corrected chi connectivity index (χ1v) is 7.99. The zero-order valence-corrected chi connectivity index (χ0v) is 13.8. The molecule has 1 heterocycles. The molecule has 0 spiro atoms. The number of hydrogen-bond acceptors (Lipinski definition) is 3. The molecule has 0 amide bonds. The van der Waals surface area contributed by atoms with Crippen molar-refractivity contribution < 1.29 is 9.59 Å². The van der Waals surface area contributed by atoms with Gasteiger partial charge in [0.2, 0.25) is 5.78 Å². The van der Waals surface area contributed by atoms with E-state index in [1.165, 1.54) is 0 Å². The van der Waals surface area contributed by atoms with E-state index in [9.17, 15) is 9.59 Å². The van der Waals surface area contributed by atoms with Crippen LogP contribution in [-0.4, -0.2) is 17.0 Å². The summed E-state index contributed by atoms with van der Waals surface area (Å²) in [5.41, 5.74) is 3.19. The summed E-state index contributed by atoms with van der Waals surface area (Å²) in [7, 11) is 0. The van der Waals surface area contributed by atoms with E-state index in [0.29, 0.717) is 12.8 Å². The molecule has 22 heavy (non-hydrogen) atoms. The minimum atomic E-state index is -0.479. The largest absolute Gasteiger partial charge is 0.295 e. The molecular formula is C18H16BrNO2. The second-order valence-corrected chi connectivity index (χ2v) is 6.44. The van der Waals surface area contributed by atoms with Crippen molar-refractivity contribution in [2.24, 2.45) is 0 Å². The molecule has 2 aromatic carbocycles. The Hall–Kier alpha value is -1.78. The topological polar surface area (TPSA) is 37.4 Å². The molecule has 0 radical (unpaired) electrons. The predicted octanol–water partition coefficient (Wildman–Crippen LogP) is 3.84. The van der Waals surface area contributed by atoms with Crippen LogP contribution in [0.1, 0.15) is 35.7 Å². The van der Waals surface area contributed by atoms with Gasteiger partial charge >= 0.3 is 0 Å². The summed E-state index contributed by atoms with van der Waals surface area (Å²) in [5.74, 6) is -0.381. The number of halogens is 1. The minimum Gasteiger partial charge on any atom is -0.295 e. The fraction of sp³-hybridized carbons (Fsp3) is 0.222. The van der Waals surface area contributed by atoms with Crippen LogP contribution in [0.3, 0.4) is 0 Å². The lowest BCUT2D eigenvalue weighted by atomic mass is 10.0. The summed E-state index contributed by atoms with van der Waals surface area (Å²) in [5, 5.41) is 0. The average molecular weight is 358 g/mol. The van der Waals surface area contributed by atoms with Crippen molar-refractivity contribution in [3.8, 4) is 0 Å². The summed E-state index contributed by atoms with van der Waals surface area (Å²) in [6, 6.07) is 15.5. The molecule has 0 aromatic heterocycles. The molecule has 0 saturated heterocycles. The first kappa shape index (κ1) is 15.1. The van der Waals surface area contributed by atoms with E-state index < -0.39 is 6.04 Å². The quantitative estimate of drug-likeness (QED) is 0.616. The van der Waals surface area contributed by atoms with Crippen LogP contribution >= 0.6 is 15.9 Å². The molecule has 0 aliphatic carbocycles. The van der Waals surface area contributed by atoms with Crippen LogP contribution in [0.5, 0.6) is 0 Å². The Morgan fingerprint density at radius 2 is 1.91 bits per heavy atom. The van der Waals surface area contributed by atoms with E-state index in [-0.39, 0.29) is 11.8 Å². The number of carbonyl (C=O) groups is 2. The zero-order valence-electron chi connectivity index (χ0n) is 12.2.